The van der Waals surface area contributed by atoms with E-state index in [-0.39, 0.29) is 5.82 Å². The van der Waals surface area contributed by atoms with Crippen LogP contribution in [0.3, 0.4) is 0 Å². The quantitative estimate of drug-likeness (QED) is 0.291. The van der Waals surface area contributed by atoms with Gasteiger partial charge in [0, 0.05) is 24.3 Å². The zero-order chi connectivity index (χ0) is 24.8. The number of anilines is 2. The maximum absolute atomic E-state index is 14.5. The Labute approximate surface area is 205 Å². The van der Waals surface area contributed by atoms with Crippen LogP contribution in [-0.2, 0) is 23.1 Å². The van der Waals surface area contributed by atoms with Crippen LogP contribution in [0.25, 0.3) is 0 Å². The lowest BCUT2D eigenvalue weighted by Crippen LogP contribution is -2.24. The number of para-hydroxylation sites is 1. The van der Waals surface area contributed by atoms with Crippen molar-refractivity contribution in [2.75, 3.05) is 15.9 Å². The lowest BCUT2D eigenvalue weighted by molar-refractivity contribution is 0.482. The molecule has 0 unspecified atom stereocenters. The number of hydrogen-bond acceptors (Lipinski definition) is 4. The Morgan fingerprint density at radius 3 is 2.14 bits per heavy atom. The monoisotopic (exact) mass is 490 g/mol. The van der Waals surface area contributed by atoms with Crippen LogP contribution in [0.15, 0.2) is 97.1 Å². The number of ether oxygens (including phenoxy) is 1. The van der Waals surface area contributed by atoms with E-state index in [4.69, 9.17) is 4.74 Å². The average Bonchev–Trinajstić information content (AvgIpc) is 2.82. The highest BCUT2D eigenvalue weighted by atomic mass is 32.2. The molecule has 0 fully saturated rings. The molecule has 0 aromatic heterocycles. The molecule has 0 aliphatic rings. The molecule has 5 nitrogen and oxygen atoms in total. The van der Waals surface area contributed by atoms with Crippen LogP contribution in [0, 0.1) is 12.7 Å². The van der Waals surface area contributed by atoms with Crippen molar-refractivity contribution in [3.8, 4) is 11.5 Å². The number of halogens is 1. The molecule has 0 atom stereocenters. The third-order valence-electron chi connectivity index (χ3n) is 5.54. The van der Waals surface area contributed by atoms with Crippen LogP contribution in [0.5, 0.6) is 11.5 Å². The normalized spacial score (nSPS) is 11.2. The van der Waals surface area contributed by atoms with Gasteiger partial charge in [0.1, 0.15) is 17.3 Å². The fourth-order valence-electron chi connectivity index (χ4n) is 3.84. The highest BCUT2D eigenvalue weighted by molar-refractivity contribution is 7.92. The molecule has 180 valence electrons. The van der Waals surface area contributed by atoms with Gasteiger partial charge in [-0.15, -0.1) is 0 Å². The second kappa shape index (κ2) is 10.6. The molecule has 0 aliphatic carbocycles. The van der Waals surface area contributed by atoms with E-state index >= 15 is 0 Å². The minimum atomic E-state index is -3.44. The zero-order valence-corrected chi connectivity index (χ0v) is 20.4. The number of nitrogens with zero attached hydrogens (tertiary/aromatic N) is 1. The van der Waals surface area contributed by atoms with Crippen molar-refractivity contribution >= 4 is 21.4 Å². The summed E-state index contributed by atoms with van der Waals surface area (Å²) in [5, 5.41) is 0. The van der Waals surface area contributed by atoms with Gasteiger partial charge in [-0.25, -0.2) is 12.8 Å². The molecule has 35 heavy (non-hydrogen) atoms. The summed E-state index contributed by atoms with van der Waals surface area (Å²) in [5.74, 6) is 1.19. The Morgan fingerprint density at radius 1 is 0.800 bits per heavy atom. The van der Waals surface area contributed by atoms with E-state index in [1.54, 1.807) is 30.3 Å². The highest BCUT2D eigenvalue weighted by Gasteiger charge is 2.16. The summed E-state index contributed by atoms with van der Waals surface area (Å²) >= 11 is 0. The Morgan fingerprint density at radius 2 is 1.46 bits per heavy atom. The van der Waals surface area contributed by atoms with Gasteiger partial charge in [-0.05, 0) is 60.5 Å². The van der Waals surface area contributed by atoms with Gasteiger partial charge in [0.2, 0.25) is 10.0 Å². The van der Waals surface area contributed by atoms with Gasteiger partial charge in [-0.1, -0.05) is 54.6 Å². The van der Waals surface area contributed by atoms with Crippen molar-refractivity contribution in [3.63, 3.8) is 0 Å². The molecule has 0 radical (unpaired) electrons. The summed E-state index contributed by atoms with van der Waals surface area (Å²) in [6.45, 7) is 2.66. The summed E-state index contributed by atoms with van der Waals surface area (Å²) in [7, 11) is -3.44. The molecule has 4 aromatic carbocycles. The first-order valence-corrected chi connectivity index (χ1v) is 13.1. The van der Waals surface area contributed by atoms with Crippen molar-refractivity contribution in [2.24, 2.45) is 0 Å². The molecule has 0 spiro atoms. The Bertz CT molecular complexity index is 1390. The fraction of sp³-hybridized carbons (Fsp3) is 0.143. The average molecular weight is 491 g/mol. The molecule has 0 saturated heterocycles. The van der Waals surface area contributed by atoms with Crippen molar-refractivity contribution in [2.45, 2.75) is 20.0 Å². The van der Waals surface area contributed by atoms with Crippen LogP contribution >= 0.6 is 0 Å². The van der Waals surface area contributed by atoms with Crippen molar-refractivity contribution in [3.05, 3.63) is 120 Å². The number of rotatable bonds is 9. The lowest BCUT2D eigenvalue weighted by Gasteiger charge is -2.28. The fourth-order valence-corrected chi connectivity index (χ4v) is 4.46. The smallest absolute Gasteiger partial charge is 0.229 e. The van der Waals surface area contributed by atoms with Crippen LogP contribution in [0.4, 0.5) is 15.8 Å². The second-order valence-electron chi connectivity index (χ2n) is 8.33. The maximum atomic E-state index is 14.5. The van der Waals surface area contributed by atoms with Crippen LogP contribution in [0.1, 0.15) is 16.7 Å². The van der Waals surface area contributed by atoms with Gasteiger partial charge in [0.05, 0.1) is 11.9 Å². The van der Waals surface area contributed by atoms with Crippen LogP contribution in [-0.4, -0.2) is 14.7 Å². The molecular formula is C28H27FN2O3S. The summed E-state index contributed by atoms with van der Waals surface area (Å²) < 4.78 is 46.7. The number of nitrogens with one attached hydrogen (secondary N) is 1. The van der Waals surface area contributed by atoms with E-state index in [1.165, 1.54) is 6.07 Å². The number of benzene rings is 4. The third-order valence-corrected chi connectivity index (χ3v) is 6.13. The SMILES string of the molecule is Cc1c(NS(C)(=O)=O)cccc1N(Cc1ccc(Oc2ccccc2)cc1)Cc1ccccc1F. The first kappa shape index (κ1) is 24.3. The van der Waals surface area contributed by atoms with Gasteiger partial charge in [-0.2, -0.15) is 0 Å². The van der Waals surface area contributed by atoms with E-state index < -0.39 is 10.0 Å². The summed E-state index contributed by atoms with van der Waals surface area (Å²) in [6.07, 6.45) is 1.12. The van der Waals surface area contributed by atoms with Crippen molar-refractivity contribution in [1.29, 1.82) is 0 Å². The molecule has 0 heterocycles. The lowest BCUT2D eigenvalue weighted by atomic mass is 10.1. The predicted octanol–water partition coefficient (Wildman–Crippen LogP) is 6.50. The van der Waals surface area contributed by atoms with Gasteiger partial charge >= 0.3 is 0 Å². The highest BCUT2D eigenvalue weighted by Crippen LogP contribution is 2.31. The summed E-state index contributed by atoms with van der Waals surface area (Å²) in [6, 6.07) is 29.4. The molecule has 0 bridgehead atoms. The molecule has 1 N–H and O–H groups in total. The predicted molar refractivity (Wildman–Crippen MR) is 139 cm³/mol. The minimum absolute atomic E-state index is 0.285. The van der Waals surface area contributed by atoms with Gasteiger partial charge < -0.3 is 9.64 Å². The maximum Gasteiger partial charge on any atom is 0.229 e. The van der Waals surface area contributed by atoms with E-state index in [1.807, 2.05) is 72.5 Å². The molecule has 0 aliphatic heterocycles. The van der Waals surface area contributed by atoms with Gasteiger partial charge in [0.25, 0.3) is 0 Å². The van der Waals surface area contributed by atoms with Crippen molar-refractivity contribution < 1.29 is 17.5 Å². The van der Waals surface area contributed by atoms with Crippen LogP contribution < -0.4 is 14.4 Å². The minimum Gasteiger partial charge on any atom is -0.457 e. The first-order chi connectivity index (χ1) is 16.8. The largest absolute Gasteiger partial charge is 0.457 e. The molecular weight excluding hydrogens is 463 g/mol. The Hall–Kier alpha value is -3.84. The topological polar surface area (TPSA) is 58.6 Å². The number of sulfonamides is 1. The Balaban J connectivity index is 1.63. The zero-order valence-electron chi connectivity index (χ0n) is 19.6. The van der Waals surface area contributed by atoms with Crippen molar-refractivity contribution in [1.82, 2.24) is 0 Å². The third kappa shape index (κ3) is 6.61. The molecule has 0 amide bonds. The second-order valence-corrected chi connectivity index (χ2v) is 10.1. The summed E-state index contributed by atoms with van der Waals surface area (Å²) in [4.78, 5) is 2.04. The molecule has 4 rings (SSSR count). The molecule has 0 saturated carbocycles. The summed E-state index contributed by atoms with van der Waals surface area (Å²) in [5.41, 5.74) is 3.62. The molecule has 7 heteroatoms. The van der Waals surface area contributed by atoms with Crippen LogP contribution in [0.2, 0.25) is 0 Å². The Kier molecular flexibility index (Phi) is 7.36. The molecule has 4 aromatic rings. The van der Waals surface area contributed by atoms with E-state index in [2.05, 4.69) is 4.72 Å². The van der Waals surface area contributed by atoms with E-state index in [9.17, 15) is 12.8 Å². The van der Waals surface area contributed by atoms with E-state index in [0.717, 1.165) is 34.6 Å². The van der Waals surface area contributed by atoms with E-state index in [0.29, 0.717) is 24.3 Å². The first-order valence-electron chi connectivity index (χ1n) is 11.2. The van der Waals surface area contributed by atoms with Gasteiger partial charge in [0.15, 0.2) is 0 Å². The van der Waals surface area contributed by atoms with Gasteiger partial charge in [-0.3, -0.25) is 4.72 Å². The standard InChI is InChI=1S/C28H27FN2O3S/c1-21-27(30-35(2,32)33)13-8-14-28(21)31(20-23-9-6-7-12-26(23)29)19-22-15-17-25(18-16-22)34-24-10-4-3-5-11-24/h3-18,30H,19-20H2,1-2H3. The number of hydrogen-bond donors (Lipinski definition) is 1.